The highest BCUT2D eigenvalue weighted by molar-refractivity contribution is 7.91. The molecule has 8 nitrogen and oxygen atoms in total. The van der Waals surface area contributed by atoms with Crippen molar-refractivity contribution < 1.29 is 13.6 Å². The molecule has 0 atom stereocenters. The highest BCUT2D eigenvalue weighted by atomic mass is 32.2. The fourth-order valence-corrected chi connectivity index (χ4v) is 2.99. The summed E-state index contributed by atoms with van der Waals surface area (Å²) in [4.78, 5) is 10.2. The van der Waals surface area contributed by atoms with Gasteiger partial charge in [-0.25, -0.2) is 18.4 Å². The third-order valence-corrected chi connectivity index (χ3v) is 4.45. The van der Waals surface area contributed by atoms with Gasteiger partial charge in [0.15, 0.2) is 15.7 Å². The first-order valence-electron chi connectivity index (χ1n) is 5.70. The Balaban J connectivity index is 2.28. The third-order valence-electron chi connectivity index (χ3n) is 2.84. The predicted octanol–water partition coefficient (Wildman–Crippen LogP) is -0.886. The second-order valence-corrected chi connectivity index (χ2v) is 6.62. The maximum absolute atomic E-state index is 11.4. The van der Waals surface area contributed by atoms with Crippen LogP contribution in [0.2, 0.25) is 0 Å². The topological polar surface area (TPSA) is 122 Å². The van der Waals surface area contributed by atoms with Gasteiger partial charge in [0.2, 0.25) is 5.95 Å². The number of oxime groups is 1. The largest absolute Gasteiger partial charge is 0.409 e. The van der Waals surface area contributed by atoms with Gasteiger partial charge < -0.3 is 15.8 Å². The summed E-state index contributed by atoms with van der Waals surface area (Å²) in [6.45, 7) is 2.46. The van der Waals surface area contributed by atoms with Gasteiger partial charge in [0.25, 0.3) is 0 Å². The molecule has 0 saturated carbocycles. The average Bonchev–Trinajstić information content (AvgIpc) is 2.37. The van der Waals surface area contributed by atoms with Crippen LogP contribution >= 0.6 is 0 Å². The number of amidine groups is 1. The molecular weight excluding hydrogens is 270 g/mol. The van der Waals surface area contributed by atoms with E-state index in [1.54, 1.807) is 17.9 Å². The Morgan fingerprint density at radius 1 is 1.42 bits per heavy atom. The number of aryl methyl sites for hydroxylation is 1. The number of aromatic nitrogens is 2. The molecule has 3 N–H and O–H groups in total. The van der Waals surface area contributed by atoms with Crippen LogP contribution in [0.4, 0.5) is 5.95 Å². The van der Waals surface area contributed by atoms with Crippen LogP contribution in [0.25, 0.3) is 0 Å². The number of sulfone groups is 1. The molecule has 0 spiro atoms. The molecular formula is C10H15N5O3S. The number of rotatable bonds is 2. The summed E-state index contributed by atoms with van der Waals surface area (Å²) >= 11 is 0. The zero-order valence-electron chi connectivity index (χ0n) is 10.4. The molecule has 1 saturated heterocycles. The summed E-state index contributed by atoms with van der Waals surface area (Å²) in [6.07, 6.45) is 0. The zero-order valence-corrected chi connectivity index (χ0v) is 11.3. The average molecular weight is 285 g/mol. The van der Waals surface area contributed by atoms with E-state index in [1.165, 1.54) is 0 Å². The van der Waals surface area contributed by atoms with Crippen molar-refractivity contribution in [2.75, 3.05) is 29.5 Å². The Bertz CT molecular complexity index is 600. The summed E-state index contributed by atoms with van der Waals surface area (Å²) in [5.41, 5.74) is 6.48. The van der Waals surface area contributed by atoms with Gasteiger partial charge in [-0.1, -0.05) is 5.16 Å². The molecule has 9 heteroatoms. The van der Waals surface area contributed by atoms with E-state index >= 15 is 0 Å². The first-order valence-corrected chi connectivity index (χ1v) is 7.52. The van der Waals surface area contributed by atoms with Crippen LogP contribution in [-0.2, 0) is 9.84 Å². The highest BCUT2D eigenvalue weighted by Crippen LogP contribution is 2.14. The van der Waals surface area contributed by atoms with Gasteiger partial charge >= 0.3 is 0 Å². The van der Waals surface area contributed by atoms with Crippen LogP contribution in [0.1, 0.15) is 11.4 Å². The Morgan fingerprint density at radius 2 is 2.05 bits per heavy atom. The van der Waals surface area contributed by atoms with Gasteiger partial charge in [-0.2, -0.15) is 0 Å². The fraction of sp³-hybridized carbons (Fsp3) is 0.500. The lowest BCUT2D eigenvalue weighted by Gasteiger charge is -2.27. The molecule has 2 heterocycles. The van der Waals surface area contributed by atoms with E-state index in [9.17, 15) is 8.42 Å². The minimum atomic E-state index is -2.95. The third kappa shape index (κ3) is 3.11. The molecule has 1 aliphatic heterocycles. The monoisotopic (exact) mass is 285 g/mol. The summed E-state index contributed by atoms with van der Waals surface area (Å²) in [7, 11) is -2.95. The molecule has 0 aliphatic carbocycles. The first kappa shape index (κ1) is 13.5. The summed E-state index contributed by atoms with van der Waals surface area (Å²) < 4.78 is 22.8. The van der Waals surface area contributed by atoms with E-state index in [2.05, 4.69) is 15.1 Å². The number of hydrogen-bond acceptors (Lipinski definition) is 7. The molecule has 2 rings (SSSR count). The molecule has 0 bridgehead atoms. The van der Waals surface area contributed by atoms with Crippen molar-refractivity contribution >= 4 is 21.6 Å². The summed E-state index contributed by atoms with van der Waals surface area (Å²) in [5.74, 6) is 0.472. The lowest BCUT2D eigenvalue weighted by molar-refractivity contribution is 0.318. The maximum atomic E-state index is 11.4. The molecule has 0 aromatic carbocycles. The van der Waals surface area contributed by atoms with Gasteiger partial charge in [0.05, 0.1) is 11.5 Å². The SMILES string of the molecule is Cc1cc(/C(N)=N/O)nc(N2CCS(=O)(=O)CC2)n1. The Kier molecular flexibility index (Phi) is 3.56. The van der Waals surface area contributed by atoms with Crippen molar-refractivity contribution in [2.24, 2.45) is 10.9 Å². The second kappa shape index (κ2) is 5.00. The van der Waals surface area contributed by atoms with Gasteiger partial charge in [-0.3, -0.25) is 0 Å². The van der Waals surface area contributed by atoms with Gasteiger partial charge in [-0.05, 0) is 13.0 Å². The molecule has 1 aliphatic rings. The minimum absolute atomic E-state index is 0.0865. The smallest absolute Gasteiger partial charge is 0.226 e. The zero-order chi connectivity index (χ0) is 14.0. The predicted molar refractivity (Wildman–Crippen MR) is 70.1 cm³/mol. The lowest BCUT2D eigenvalue weighted by Crippen LogP contribution is -2.41. The molecule has 1 aromatic heterocycles. The highest BCUT2D eigenvalue weighted by Gasteiger charge is 2.23. The van der Waals surface area contributed by atoms with E-state index in [0.717, 1.165) is 0 Å². The minimum Gasteiger partial charge on any atom is -0.409 e. The molecule has 1 fully saturated rings. The maximum Gasteiger partial charge on any atom is 0.226 e. The first-order chi connectivity index (χ1) is 8.91. The quantitative estimate of drug-likeness (QED) is 0.313. The number of hydrogen-bond donors (Lipinski definition) is 2. The van der Waals surface area contributed by atoms with E-state index in [0.29, 0.717) is 30.4 Å². The van der Waals surface area contributed by atoms with Crippen molar-refractivity contribution in [1.29, 1.82) is 0 Å². The van der Waals surface area contributed by atoms with Crippen LogP contribution in [0.15, 0.2) is 11.2 Å². The lowest BCUT2D eigenvalue weighted by atomic mass is 10.3. The normalized spacial score (nSPS) is 19.4. The van der Waals surface area contributed by atoms with Crippen LogP contribution in [-0.4, -0.2) is 54.0 Å². The van der Waals surface area contributed by atoms with Crippen molar-refractivity contribution in [3.63, 3.8) is 0 Å². The van der Waals surface area contributed by atoms with Crippen molar-refractivity contribution in [3.05, 3.63) is 17.5 Å². The van der Waals surface area contributed by atoms with E-state index in [1.807, 2.05) is 0 Å². The molecule has 0 amide bonds. The number of nitrogens with zero attached hydrogens (tertiary/aromatic N) is 4. The Morgan fingerprint density at radius 3 is 2.63 bits per heavy atom. The van der Waals surface area contributed by atoms with Gasteiger partial charge in [0, 0.05) is 18.8 Å². The molecule has 1 aromatic rings. The van der Waals surface area contributed by atoms with E-state index < -0.39 is 9.84 Å². The summed E-state index contributed by atoms with van der Waals surface area (Å²) in [6, 6.07) is 1.60. The Labute approximate surface area is 110 Å². The fourth-order valence-electron chi connectivity index (χ4n) is 1.79. The molecule has 0 unspecified atom stereocenters. The number of anilines is 1. The van der Waals surface area contributed by atoms with Crippen molar-refractivity contribution in [1.82, 2.24) is 9.97 Å². The molecule has 104 valence electrons. The van der Waals surface area contributed by atoms with Crippen LogP contribution in [0.5, 0.6) is 0 Å². The van der Waals surface area contributed by atoms with Crippen molar-refractivity contribution in [3.8, 4) is 0 Å². The van der Waals surface area contributed by atoms with E-state index in [-0.39, 0.29) is 17.3 Å². The number of nitrogens with two attached hydrogens (primary N) is 1. The molecule has 19 heavy (non-hydrogen) atoms. The van der Waals surface area contributed by atoms with Crippen LogP contribution < -0.4 is 10.6 Å². The van der Waals surface area contributed by atoms with Gasteiger partial charge in [-0.15, -0.1) is 0 Å². The molecule has 0 radical (unpaired) electrons. The summed E-state index contributed by atoms with van der Waals surface area (Å²) in [5, 5.41) is 11.6. The Hall–Kier alpha value is -1.90. The van der Waals surface area contributed by atoms with Crippen LogP contribution in [0.3, 0.4) is 0 Å². The van der Waals surface area contributed by atoms with Crippen LogP contribution in [0, 0.1) is 6.92 Å². The second-order valence-electron chi connectivity index (χ2n) is 4.32. The van der Waals surface area contributed by atoms with E-state index in [4.69, 9.17) is 10.9 Å². The van der Waals surface area contributed by atoms with Crippen molar-refractivity contribution in [2.45, 2.75) is 6.92 Å². The van der Waals surface area contributed by atoms with Gasteiger partial charge in [0.1, 0.15) is 5.69 Å². The standard InChI is InChI=1S/C10H15N5O3S/c1-7-6-8(9(11)14-16)13-10(12-7)15-2-4-19(17,18)5-3-15/h6,16H,2-5H2,1H3,(H2,11,14).